The highest BCUT2D eigenvalue weighted by atomic mass is 19.3. The molecule has 15 heavy (non-hydrogen) atoms. The Morgan fingerprint density at radius 3 is 2.53 bits per heavy atom. The van der Waals surface area contributed by atoms with E-state index in [-0.39, 0.29) is 0 Å². The fourth-order valence-corrected chi connectivity index (χ4v) is 1.13. The van der Waals surface area contributed by atoms with Crippen LogP contribution in [0.3, 0.4) is 0 Å². The van der Waals surface area contributed by atoms with E-state index >= 15 is 0 Å². The smallest absolute Gasteiger partial charge is 0.227 e. The van der Waals surface area contributed by atoms with Gasteiger partial charge in [0.05, 0.1) is 18.1 Å². The van der Waals surface area contributed by atoms with Gasteiger partial charge < -0.3 is 0 Å². The van der Waals surface area contributed by atoms with Crippen molar-refractivity contribution in [3.63, 3.8) is 0 Å². The lowest BCUT2D eigenvalue weighted by molar-refractivity contribution is 0.149. The van der Waals surface area contributed by atoms with E-state index in [1.54, 1.807) is 6.07 Å². The lowest BCUT2D eigenvalue weighted by atomic mass is 10.0. The average molecular weight is 211 g/mol. The van der Waals surface area contributed by atoms with Crippen molar-refractivity contribution in [2.45, 2.75) is 12.8 Å². The molecule has 0 N–H and O–H groups in total. The van der Waals surface area contributed by atoms with Crippen LogP contribution in [0, 0.1) is 28.6 Å². The minimum absolute atomic E-state index is 0.406. The van der Waals surface area contributed by atoms with Crippen molar-refractivity contribution < 1.29 is 13.2 Å². The van der Waals surface area contributed by atoms with Crippen molar-refractivity contribution in [3.05, 3.63) is 28.8 Å². The Bertz CT molecular complexity index is 457. The molecule has 1 aromatic rings. The Balaban J connectivity index is 3.47. The van der Waals surface area contributed by atoms with Crippen LogP contribution < -0.4 is 0 Å². The molecule has 0 atom stereocenters. The maximum Gasteiger partial charge on any atom is 0.265 e. The molecule has 0 aliphatic heterocycles. The third-order valence-corrected chi connectivity index (χ3v) is 1.77. The lowest BCUT2D eigenvalue weighted by Crippen LogP contribution is -2.04. The van der Waals surface area contributed by atoms with E-state index in [0.29, 0.717) is 0 Å². The van der Waals surface area contributed by atoms with Crippen LogP contribution in [0.2, 0.25) is 0 Å². The molecule has 1 aromatic heterocycles. The first-order valence-corrected chi connectivity index (χ1v) is 3.84. The van der Waals surface area contributed by atoms with E-state index < -0.39 is 35.5 Å². The van der Waals surface area contributed by atoms with E-state index in [1.165, 1.54) is 6.07 Å². The van der Waals surface area contributed by atoms with Crippen LogP contribution >= 0.6 is 0 Å². The number of hydrogen-bond acceptors (Lipinski definition) is 3. The number of rotatable bonds is 2. The maximum atomic E-state index is 13.0. The Labute approximate surface area is 83.4 Å². The first-order valence-electron chi connectivity index (χ1n) is 3.84. The number of nitrogens with zero attached hydrogens (tertiary/aromatic N) is 3. The summed E-state index contributed by atoms with van der Waals surface area (Å²) in [5.74, 6) is -1.13. The van der Waals surface area contributed by atoms with Crippen LogP contribution in [-0.4, -0.2) is 4.98 Å². The maximum absolute atomic E-state index is 13.0. The van der Waals surface area contributed by atoms with Crippen molar-refractivity contribution in [2.75, 3.05) is 0 Å². The molecule has 0 saturated heterocycles. The van der Waals surface area contributed by atoms with Gasteiger partial charge in [0, 0.05) is 17.3 Å². The highest BCUT2D eigenvalue weighted by molar-refractivity contribution is 5.42. The summed E-state index contributed by atoms with van der Waals surface area (Å²) in [5.41, 5.74) is -1.66. The molecule has 3 nitrogen and oxygen atoms in total. The molecule has 0 aliphatic carbocycles. The lowest BCUT2D eigenvalue weighted by Gasteiger charge is -2.07. The van der Waals surface area contributed by atoms with E-state index in [2.05, 4.69) is 4.98 Å². The molecule has 0 fully saturated rings. The fraction of sp³-hybridized carbons (Fsp3) is 0.222. The molecule has 0 saturated carbocycles. The summed E-state index contributed by atoms with van der Waals surface area (Å²) >= 11 is 0. The third-order valence-electron chi connectivity index (χ3n) is 1.77. The summed E-state index contributed by atoms with van der Waals surface area (Å²) in [6.45, 7) is 0. The van der Waals surface area contributed by atoms with E-state index in [9.17, 15) is 13.2 Å². The van der Waals surface area contributed by atoms with E-state index in [0.717, 1.165) is 6.20 Å². The Hall–Kier alpha value is -2.08. The summed E-state index contributed by atoms with van der Waals surface area (Å²) in [4.78, 5) is 3.14. The summed E-state index contributed by atoms with van der Waals surface area (Å²) < 4.78 is 38.1. The normalized spacial score (nSPS) is 9.73. The topological polar surface area (TPSA) is 60.5 Å². The zero-order valence-corrected chi connectivity index (χ0v) is 7.34. The third kappa shape index (κ3) is 2.05. The first kappa shape index (κ1) is 11.0. The van der Waals surface area contributed by atoms with Gasteiger partial charge in [-0.2, -0.15) is 14.9 Å². The quantitative estimate of drug-likeness (QED) is 0.703. The van der Waals surface area contributed by atoms with Crippen molar-refractivity contribution in [1.29, 1.82) is 10.5 Å². The summed E-state index contributed by atoms with van der Waals surface area (Å²) in [5, 5.41) is 16.9. The van der Waals surface area contributed by atoms with Gasteiger partial charge in [0.25, 0.3) is 6.43 Å². The van der Waals surface area contributed by atoms with Crippen LogP contribution in [0.4, 0.5) is 13.2 Å². The SMILES string of the molecule is N#CCc1c(F)ncc(C#N)c1C(F)F. The fourth-order valence-electron chi connectivity index (χ4n) is 1.13. The molecule has 1 rings (SSSR count). The molecule has 6 heteroatoms. The summed E-state index contributed by atoms with van der Waals surface area (Å²) in [6, 6.07) is 3.03. The van der Waals surface area contributed by atoms with Crippen LogP contribution in [0.15, 0.2) is 6.20 Å². The van der Waals surface area contributed by atoms with Gasteiger partial charge in [-0.05, 0) is 0 Å². The number of nitriles is 2. The van der Waals surface area contributed by atoms with Gasteiger partial charge in [0.15, 0.2) is 0 Å². The Morgan fingerprint density at radius 2 is 2.07 bits per heavy atom. The van der Waals surface area contributed by atoms with Gasteiger partial charge in [-0.25, -0.2) is 13.8 Å². The van der Waals surface area contributed by atoms with Crippen molar-refractivity contribution >= 4 is 0 Å². The number of halogens is 3. The van der Waals surface area contributed by atoms with E-state index in [1.807, 2.05) is 0 Å². The monoisotopic (exact) mass is 211 g/mol. The second-order valence-electron chi connectivity index (χ2n) is 2.60. The number of alkyl halides is 2. The zero-order valence-electron chi connectivity index (χ0n) is 7.34. The molecule has 0 unspecified atom stereocenters. The highest BCUT2D eigenvalue weighted by Crippen LogP contribution is 2.27. The number of aromatic nitrogens is 1. The van der Waals surface area contributed by atoms with Gasteiger partial charge in [-0.1, -0.05) is 0 Å². The minimum atomic E-state index is -3.00. The molecule has 0 spiro atoms. The molecule has 76 valence electrons. The van der Waals surface area contributed by atoms with Gasteiger partial charge in [0.2, 0.25) is 5.95 Å². The summed E-state index contributed by atoms with van der Waals surface area (Å²) in [6.07, 6.45) is -2.80. The van der Waals surface area contributed by atoms with Crippen LogP contribution in [0.5, 0.6) is 0 Å². The molecular formula is C9H4F3N3. The summed E-state index contributed by atoms with van der Waals surface area (Å²) in [7, 11) is 0. The van der Waals surface area contributed by atoms with E-state index in [4.69, 9.17) is 10.5 Å². The Morgan fingerprint density at radius 1 is 1.40 bits per heavy atom. The number of hydrogen-bond donors (Lipinski definition) is 0. The highest BCUT2D eigenvalue weighted by Gasteiger charge is 2.21. The molecule has 0 amide bonds. The van der Waals surface area contributed by atoms with Crippen LogP contribution in [0.25, 0.3) is 0 Å². The van der Waals surface area contributed by atoms with Crippen LogP contribution in [0.1, 0.15) is 23.1 Å². The molecule has 0 aromatic carbocycles. The minimum Gasteiger partial charge on any atom is -0.227 e. The van der Waals surface area contributed by atoms with Crippen LogP contribution in [-0.2, 0) is 6.42 Å². The van der Waals surface area contributed by atoms with Gasteiger partial charge in [-0.15, -0.1) is 0 Å². The van der Waals surface area contributed by atoms with Crippen molar-refractivity contribution in [3.8, 4) is 12.1 Å². The average Bonchev–Trinajstić information content (AvgIpc) is 2.20. The Kier molecular flexibility index (Phi) is 3.25. The molecular weight excluding hydrogens is 207 g/mol. The van der Waals surface area contributed by atoms with Gasteiger partial charge in [-0.3, -0.25) is 0 Å². The van der Waals surface area contributed by atoms with Gasteiger partial charge >= 0.3 is 0 Å². The molecule has 0 aliphatic rings. The van der Waals surface area contributed by atoms with Crippen molar-refractivity contribution in [1.82, 2.24) is 4.98 Å². The largest absolute Gasteiger partial charge is 0.265 e. The molecule has 1 heterocycles. The predicted octanol–water partition coefficient (Wildman–Crippen LogP) is 2.10. The molecule has 0 radical (unpaired) electrons. The second kappa shape index (κ2) is 4.43. The zero-order chi connectivity index (χ0) is 11.4. The van der Waals surface area contributed by atoms with Gasteiger partial charge in [0.1, 0.15) is 6.07 Å². The first-order chi connectivity index (χ1) is 7.11. The standard InChI is InChI=1S/C9H4F3N3/c10-8(11)7-5(3-14)4-15-9(12)6(7)1-2-13/h4,8H,1H2. The molecule has 0 bridgehead atoms. The second-order valence-corrected chi connectivity index (χ2v) is 2.60. The van der Waals surface area contributed by atoms with Crippen molar-refractivity contribution in [2.24, 2.45) is 0 Å². The predicted molar refractivity (Wildman–Crippen MR) is 43.2 cm³/mol. The number of pyridine rings is 1.